The molecule has 0 rings (SSSR count). The van der Waals surface area contributed by atoms with E-state index in [1.165, 1.54) is 64.2 Å². The van der Waals surface area contributed by atoms with Gasteiger partial charge < -0.3 is 26.6 Å². The molecule has 2 atom stereocenters. The molecule has 5 N–H and O–H groups in total. The van der Waals surface area contributed by atoms with Crippen molar-refractivity contribution in [3.05, 3.63) is 0 Å². The molecule has 0 aromatic rings. The first-order valence-corrected chi connectivity index (χ1v) is 15.4. The molecule has 0 radical (unpaired) electrons. The zero-order chi connectivity index (χ0) is 29.0. The maximum Gasteiger partial charge on any atom is 1.00 e. The van der Waals surface area contributed by atoms with Gasteiger partial charge in [0.2, 0.25) is 11.8 Å². The van der Waals surface area contributed by atoms with Gasteiger partial charge in [-0.2, -0.15) is 8.42 Å². The SMILES string of the molecule is CCCCCCCCCCCCCCCCCCN(C(=O)CC(C(N)=O)S(=O)(=O)O)C(CC(=O)O)C(=O)O.[H-].[H-].[H-].[H-].[Na+].[Na+].[Na+].[Na+]. The van der Waals surface area contributed by atoms with Gasteiger partial charge in [0.1, 0.15) is 6.04 Å². The fraction of sp³-hybridized carbons (Fsp3) is 0.846. The quantitative estimate of drug-likeness (QED) is 0.0419. The van der Waals surface area contributed by atoms with E-state index in [4.69, 9.17) is 10.8 Å². The van der Waals surface area contributed by atoms with Crippen LogP contribution in [-0.2, 0) is 29.3 Å². The Bertz CT molecular complexity index is 856. The summed E-state index contributed by atoms with van der Waals surface area (Å²) in [7, 11) is -5.00. The number of unbranched alkanes of at least 4 members (excludes halogenated alkanes) is 15. The molecule has 0 aliphatic rings. The minimum Gasteiger partial charge on any atom is -1.00 e. The molecule has 16 heteroatoms. The monoisotopic (exact) mass is 660 g/mol. The van der Waals surface area contributed by atoms with Crippen molar-refractivity contribution < 1.29 is 166 Å². The molecule has 0 saturated heterocycles. The van der Waals surface area contributed by atoms with Crippen LogP contribution in [0.3, 0.4) is 0 Å². The van der Waals surface area contributed by atoms with Crippen LogP contribution in [0.15, 0.2) is 0 Å². The predicted octanol–water partition coefficient (Wildman–Crippen LogP) is -7.40. The summed E-state index contributed by atoms with van der Waals surface area (Å²) in [5, 5.41) is 16.3. The molecule has 2 amide bonds. The van der Waals surface area contributed by atoms with E-state index >= 15 is 0 Å². The average Bonchev–Trinajstić information content (AvgIpc) is 2.82. The van der Waals surface area contributed by atoms with Crippen LogP contribution < -0.4 is 124 Å². The summed E-state index contributed by atoms with van der Waals surface area (Å²) in [5.74, 6) is -5.57. The van der Waals surface area contributed by atoms with E-state index in [2.05, 4.69) is 6.92 Å². The number of nitrogens with two attached hydrogens (primary N) is 1. The molecule has 2 unspecified atom stereocenters. The van der Waals surface area contributed by atoms with Gasteiger partial charge in [0.05, 0.1) is 12.8 Å². The van der Waals surface area contributed by atoms with Crippen molar-refractivity contribution in [1.82, 2.24) is 4.90 Å². The summed E-state index contributed by atoms with van der Waals surface area (Å²) in [5.41, 5.74) is 4.97. The smallest absolute Gasteiger partial charge is 1.00 e. The molecule has 0 aliphatic carbocycles. The molecule has 0 saturated carbocycles. The molecule has 0 bridgehead atoms. The third-order valence-electron chi connectivity index (χ3n) is 6.64. The number of hydrogen-bond donors (Lipinski definition) is 4. The summed E-state index contributed by atoms with van der Waals surface area (Å²) < 4.78 is 32.0. The van der Waals surface area contributed by atoms with E-state index in [0.717, 1.165) is 30.6 Å². The van der Waals surface area contributed by atoms with Crippen LogP contribution >= 0.6 is 0 Å². The summed E-state index contributed by atoms with van der Waals surface area (Å²) in [6.45, 7) is 2.10. The van der Waals surface area contributed by atoms with Gasteiger partial charge in [0, 0.05) is 6.54 Å². The van der Waals surface area contributed by atoms with Crippen LogP contribution in [-0.4, -0.2) is 69.7 Å². The Morgan fingerprint density at radius 2 is 1.05 bits per heavy atom. The number of carboxylic acid groups (broad SMARTS) is 2. The van der Waals surface area contributed by atoms with Crippen molar-refractivity contribution in [1.29, 1.82) is 0 Å². The molecule has 0 spiro atoms. The maximum absolute atomic E-state index is 12.7. The zero-order valence-corrected chi connectivity index (χ0v) is 35.6. The van der Waals surface area contributed by atoms with E-state index in [1.807, 2.05) is 0 Å². The molecule has 0 fully saturated rings. The van der Waals surface area contributed by atoms with E-state index in [1.54, 1.807) is 0 Å². The molecule has 230 valence electrons. The second kappa shape index (κ2) is 32.7. The van der Waals surface area contributed by atoms with Gasteiger partial charge in [-0.25, -0.2) is 4.79 Å². The number of carboxylic acids is 2. The van der Waals surface area contributed by atoms with Crippen molar-refractivity contribution in [3.8, 4) is 0 Å². The van der Waals surface area contributed by atoms with E-state index < -0.39 is 58.0 Å². The Labute approximate surface area is 346 Å². The molecular weight excluding hydrogens is 608 g/mol. The van der Waals surface area contributed by atoms with Crippen molar-refractivity contribution in [2.24, 2.45) is 5.73 Å². The molecular formula is C26H52N2Na4O9S. The summed E-state index contributed by atoms with van der Waals surface area (Å²) >= 11 is 0. The summed E-state index contributed by atoms with van der Waals surface area (Å²) in [4.78, 5) is 47.7. The standard InChI is InChI=1S/C26H48N2O9S.4Na.4H/c1-2-3-4-5-6-7-8-9-10-11-12-13-14-15-16-17-18-28(21(26(33)34)19-24(30)31)23(29)20-22(25(27)32)38(35,36)37;;;;;;;;/h21-22H,2-20H2,1H3,(H2,27,32)(H,30,31)(H,33,34)(H,35,36,37);;;;;;;;/q;4*+1;4*-1. The van der Waals surface area contributed by atoms with Gasteiger partial charge in [0.15, 0.2) is 5.25 Å². The first-order valence-electron chi connectivity index (χ1n) is 13.9. The van der Waals surface area contributed by atoms with E-state index in [-0.39, 0.29) is 130 Å². The largest absolute Gasteiger partial charge is 1.00 e. The Kier molecular flexibility index (Phi) is 41.5. The number of nitrogens with zero attached hydrogens (tertiary/aromatic N) is 1. The van der Waals surface area contributed by atoms with Gasteiger partial charge in [-0.1, -0.05) is 103 Å². The Morgan fingerprint density at radius 1 is 0.690 bits per heavy atom. The predicted molar refractivity (Wildman–Crippen MR) is 149 cm³/mol. The first-order chi connectivity index (χ1) is 17.9. The number of carbonyl (C=O) groups excluding carboxylic acids is 2. The minimum absolute atomic E-state index is 0. The van der Waals surface area contributed by atoms with Crippen LogP contribution in [0.5, 0.6) is 0 Å². The van der Waals surface area contributed by atoms with E-state index in [0.29, 0.717) is 12.8 Å². The van der Waals surface area contributed by atoms with Crippen LogP contribution in [0.25, 0.3) is 0 Å². The third-order valence-corrected chi connectivity index (χ3v) is 7.76. The average molecular weight is 661 g/mol. The normalized spacial score (nSPS) is 11.9. The fourth-order valence-electron chi connectivity index (χ4n) is 4.41. The Hall–Kier alpha value is 1.79. The van der Waals surface area contributed by atoms with Gasteiger partial charge in [-0.15, -0.1) is 0 Å². The minimum atomic E-state index is -5.00. The molecule has 0 aromatic carbocycles. The zero-order valence-electron chi connectivity index (χ0n) is 30.8. The van der Waals surface area contributed by atoms with Crippen molar-refractivity contribution in [2.45, 2.75) is 134 Å². The number of amides is 2. The van der Waals surface area contributed by atoms with Gasteiger partial charge >= 0.3 is 130 Å². The van der Waals surface area contributed by atoms with Gasteiger partial charge in [-0.05, 0) is 6.42 Å². The molecule has 0 heterocycles. The number of carbonyl (C=O) groups is 4. The maximum atomic E-state index is 12.7. The van der Waals surface area contributed by atoms with Crippen LogP contribution in [0.1, 0.15) is 128 Å². The summed E-state index contributed by atoms with van der Waals surface area (Å²) in [6.07, 6.45) is 16.1. The second-order valence-corrected chi connectivity index (χ2v) is 11.6. The van der Waals surface area contributed by atoms with Crippen LogP contribution in [0, 0.1) is 0 Å². The number of rotatable bonds is 25. The number of hydrogen-bond acceptors (Lipinski definition) is 6. The molecule has 0 aromatic heterocycles. The second-order valence-electron chi connectivity index (χ2n) is 9.95. The van der Waals surface area contributed by atoms with Crippen molar-refractivity contribution >= 4 is 33.9 Å². The van der Waals surface area contributed by atoms with Crippen molar-refractivity contribution in [3.63, 3.8) is 0 Å². The number of primary amides is 1. The van der Waals surface area contributed by atoms with Gasteiger partial charge in [-0.3, -0.25) is 18.9 Å². The molecule has 11 nitrogen and oxygen atoms in total. The Balaban J connectivity index is -0.000000244. The molecule has 42 heavy (non-hydrogen) atoms. The van der Waals surface area contributed by atoms with Crippen molar-refractivity contribution in [2.75, 3.05) is 6.54 Å². The van der Waals surface area contributed by atoms with Crippen LogP contribution in [0.2, 0.25) is 0 Å². The fourth-order valence-corrected chi connectivity index (χ4v) is 5.06. The molecule has 0 aliphatic heterocycles. The Morgan fingerprint density at radius 3 is 1.33 bits per heavy atom. The number of aliphatic carboxylic acids is 2. The van der Waals surface area contributed by atoms with Crippen LogP contribution in [0.4, 0.5) is 0 Å². The van der Waals surface area contributed by atoms with E-state index in [9.17, 15) is 37.3 Å². The third kappa shape index (κ3) is 28.0. The topological polar surface area (TPSA) is 192 Å². The first kappa shape index (κ1) is 53.3. The summed E-state index contributed by atoms with van der Waals surface area (Å²) in [6, 6.07) is -1.74. The van der Waals surface area contributed by atoms with Gasteiger partial charge in [0.25, 0.3) is 10.1 Å².